The molecule has 0 aliphatic heterocycles. The van der Waals surface area contributed by atoms with Crippen LogP contribution in [0, 0.1) is 6.92 Å². The molecule has 2 aromatic heterocycles. The molecule has 0 radical (unpaired) electrons. The number of carbonyl (C=O) groups excluding carboxylic acids is 1. The van der Waals surface area contributed by atoms with Gasteiger partial charge in [0, 0.05) is 23.5 Å². The summed E-state index contributed by atoms with van der Waals surface area (Å²) in [4.78, 5) is 17.0. The van der Waals surface area contributed by atoms with Gasteiger partial charge in [0.05, 0.1) is 11.9 Å². The second-order valence-electron chi connectivity index (χ2n) is 4.16. The molecule has 2 N–H and O–H groups in total. The van der Waals surface area contributed by atoms with E-state index in [1.54, 1.807) is 43.2 Å². The van der Waals surface area contributed by atoms with Crippen LogP contribution in [0.15, 0.2) is 39.9 Å². The number of pyridine rings is 1. The van der Waals surface area contributed by atoms with Gasteiger partial charge >= 0.3 is 0 Å². The number of rotatable bonds is 6. The van der Waals surface area contributed by atoms with Gasteiger partial charge in [-0.2, -0.15) is 0 Å². The lowest BCUT2D eigenvalue weighted by Gasteiger charge is -2.08. The summed E-state index contributed by atoms with van der Waals surface area (Å²) in [6, 6.07) is 5.22. The second-order valence-corrected chi connectivity index (χ2v) is 5.30. The van der Waals surface area contributed by atoms with Gasteiger partial charge in [0.25, 0.3) is 5.91 Å². The number of amides is 1. The number of hydrogen-bond acceptors (Lipinski definition) is 5. The number of carbonyl (C=O) groups is 1. The van der Waals surface area contributed by atoms with E-state index in [0.717, 1.165) is 10.6 Å². The lowest BCUT2D eigenvalue weighted by Crippen LogP contribution is -2.11. The Morgan fingerprint density at radius 2 is 2.30 bits per heavy atom. The molecule has 0 spiro atoms. The average Bonchev–Trinajstić information content (AvgIpc) is 2.88. The van der Waals surface area contributed by atoms with Crippen LogP contribution in [-0.2, 0) is 0 Å². The highest BCUT2D eigenvalue weighted by molar-refractivity contribution is 7.99. The number of anilines is 1. The van der Waals surface area contributed by atoms with Crippen molar-refractivity contribution in [2.75, 3.05) is 17.7 Å². The van der Waals surface area contributed by atoms with Crippen LogP contribution in [0.4, 0.5) is 5.69 Å². The molecule has 0 aromatic carbocycles. The molecule has 0 unspecified atom stereocenters. The molecule has 2 aromatic rings. The summed E-state index contributed by atoms with van der Waals surface area (Å²) in [5, 5.41) is 11.6. The van der Waals surface area contributed by atoms with Crippen LogP contribution < -0.4 is 5.32 Å². The minimum Gasteiger partial charge on any atom is -0.456 e. The summed E-state index contributed by atoms with van der Waals surface area (Å²) < 4.78 is 5.28. The predicted molar refractivity (Wildman–Crippen MR) is 78.1 cm³/mol. The fraction of sp³-hybridized carbons (Fsp3) is 0.286. The highest BCUT2D eigenvalue weighted by Gasteiger charge is 2.12. The number of aliphatic hydroxyl groups is 1. The SMILES string of the molecule is Cc1ccc(C(=O)Nc2cnccc2SCCCO)o1. The molecule has 0 saturated heterocycles. The molecule has 6 heteroatoms. The number of nitrogens with one attached hydrogen (secondary N) is 1. The third kappa shape index (κ3) is 3.85. The van der Waals surface area contributed by atoms with E-state index in [1.807, 2.05) is 6.07 Å². The summed E-state index contributed by atoms with van der Waals surface area (Å²) in [5.74, 6) is 1.45. The Bertz CT molecular complexity index is 583. The average molecular weight is 292 g/mol. The molecule has 0 fully saturated rings. The zero-order valence-electron chi connectivity index (χ0n) is 11.1. The Kier molecular flexibility index (Phi) is 5.20. The molecule has 0 bridgehead atoms. The molecule has 2 heterocycles. The van der Waals surface area contributed by atoms with Crippen molar-refractivity contribution in [3.8, 4) is 0 Å². The van der Waals surface area contributed by atoms with Crippen LogP contribution in [0.1, 0.15) is 22.7 Å². The number of aliphatic hydroxyl groups excluding tert-OH is 1. The summed E-state index contributed by atoms with van der Waals surface area (Å²) in [6.45, 7) is 1.95. The minimum atomic E-state index is -0.296. The first-order chi connectivity index (χ1) is 9.70. The van der Waals surface area contributed by atoms with Crippen LogP contribution in [0.2, 0.25) is 0 Å². The number of aryl methyl sites for hydroxylation is 1. The molecule has 5 nitrogen and oxygen atoms in total. The van der Waals surface area contributed by atoms with Crippen LogP contribution in [0.25, 0.3) is 0 Å². The Hall–Kier alpha value is -1.79. The highest BCUT2D eigenvalue weighted by atomic mass is 32.2. The van der Waals surface area contributed by atoms with Crippen molar-refractivity contribution >= 4 is 23.4 Å². The monoisotopic (exact) mass is 292 g/mol. The first kappa shape index (κ1) is 14.6. The fourth-order valence-corrected chi connectivity index (χ4v) is 2.50. The molecule has 2 rings (SSSR count). The van der Waals surface area contributed by atoms with Crippen molar-refractivity contribution in [2.24, 2.45) is 0 Å². The normalized spacial score (nSPS) is 10.5. The Morgan fingerprint density at radius 3 is 3.00 bits per heavy atom. The molecular weight excluding hydrogens is 276 g/mol. The van der Waals surface area contributed by atoms with Gasteiger partial charge in [-0.15, -0.1) is 11.8 Å². The molecule has 0 aliphatic rings. The van der Waals surface area contributed by atoms with E-state index < -0.39 is 0 Å². The number of nitrogens with zero attached hydrogens (tertiary/aromatic N) is 1. The molecule has 106 valence electrons. The van der Waals surface area contributed by atoms with Gasteiger partial charge in [0.15, 0.2) is 5.76 Å². The molecule has 1 amide bonds. The summed E-state index contributed by atoms with van der Waals surface area (Å²) >= 11 is 1.57. The fourth-order valence-electron chi connectivity index (χ4n) is 1.59. The number of aromatic nitrogens is 1. The highest BCUT2D eigenvalue weighted by Crippen LogP contribution is 2.27. The maximum absolute atomic E-state index is 12.0. The first-order valence-electron chi connectivity index (χ1n) is 6.26. The van der Waals surface area contributed by atoms with Crippen LogP contribution in [-0.4, -0.2) is 28.4 Å². The van der Waals surface area contributed by atoms with E-state index in [4.69, 9.17) is 9.52 Å². The van der Waals surface area contributed by atoms with Crippen molar-refractivity contribution in [3.63, 3.8) is 0 Å². The van der Waals surface area contributed by atoms with Gasteiger partial charge in [-0.3, -0.25) is 9.78 Å². The first-order valence-corrected chi connectivity index (χ1v) is 7.24. The third-order valence-corrected chi connectivity index (χ3v) is 3.71. The van der Waals surface area contributed by atoms with Crippen molar-refractivity contribution in [3.05, 3.63) is 42.1 Å². The van der Waals surface area contributed by atoms with Crippen LogP contribution >= 0.6 is 11.8 Å². The third-order valence-electron chi connectivity index (χ3n) is 2.55. The van der Waals surface area contributed by atoms with Crippen molar-refractivity contribution < 1.29 is 14.3 Å². The van der Waals surface area contributed by atoms with Gasteiger partial charge in [0.2, 0.25) is 0 Å². The van der Waals surface area contributed by atoms with Crippen molar-refractivity contribution in [1.29, 1.82) is 0 Å². The smallest absolute Gasteiger partial charge is 0.291 e. The van der Waals surface area contributed by atoms with Crippen LogP contribution in [0.5, 0.6) is 0 Å². The molecule has 20 heavy (non-hydrogen) atoms. The van der Waals surface area contributed by atoms with Crippen molar-refractivity contribution in [2.45, 2.75) is 18.2 Å². The van der Waals surface area contributed by atoms with E-state index in [-0.39, 0.29) is 18.3 Å². The Morgan fingerprint density at radius 1 is 1.45 bits per heavy atom. The van der Waals surface area contributed by atoms with E-state index >= 15 is 0 Å². The Labute approximate surface area is 121 Å². The zero-order valence-corrected chi connectivity index (χ0v) is 11.9. The van der Waals surface area contributed by atoms with Gasteiger partial charge in [-0.1, -0.05) is 0 Å². The van der Waals surface area contributed by atoms with E-state index in [0.29, 0.717) is 17.9 Å². The number of thioether (sulfide) groups is 1. The van der Waals surface area contributed by atoms with Crippen molar-refractivity contribution in [1.82, 2.24) is 4.98 Å². The standard InChI is InChI=1S/C14H16N2O3S/c1-10-3-4-12(19-10)14(18)16-11-9-15-6-5-13(11)20-8-2-7-17/h3-6,9,17H,2,7-8H2,1H3,(H,16,18). The zero-order chi connectivity index (χ0) is 14.4. The lowest BCUT2D eigenvalue weighted by atomic mass is 10.3. The maximum atomic E-state index is 12.0. The number of hydrogen-bond donors (Lipinski definition) is 2. The van der Waals surface area contributed by atoms with Crippen LogP contribution in [0.3, 0.4) is 0 Å². The molecule has 0 aliphatic carbocycles. The van der Waals surface area contributed by atoms with E-state index in [9.17, 15) is 4.79 Å². The molecule has 0 saturated carbocycles. The van der Waals surface area contributed by atoms with E-state index in [2.05, 4.69) is 10.3 Å². The van der Waals surface area contributed by atoms with E-state index in [1.165, 1.54) is 0 Å². The van der Waals surface area contributed by atoms with Gasteiger partial charge in [-0.25, -0.2) is 0 Å². The largest absolute Gasteiger partial charge is 0.456 e. The number of furan rings is 1. The van der Waals surface area contributed by atoms with Gasteiger partial charge in [0.1, 0.15) is 5.76 Å². The summed E-state index contributed by atoms with van der Waals surface area (Å²) in [7, 11) is 0. The van der Waals surface area contributed by atoms with Gasteiger partial charge in [-0.05, 0) is 31.5 Å². The van der Waals surface area contributed by atoms with Gasteiger partial charge < -0.3 is 14.8 Å². The predicted octanol–water partition coefficient (Wildman–Crippen LogP) is 2.71. The second kappa shape index (κ2) is 7.12. The topological polar surface area (TPSA) is 75.4 Å². The maximum Gasteiger partial charge on any atom is 0.291 e. The summed E-state index contributed by atoms with van der Waals surface area (Å²) in [5.41, 5.74) is 0.648. The minimum absolute atomic E-state index is 0.158. The molecule has 0 atom stereocenters. The summed E-state index contributed by atoms with van der Waals surface area (Å²) in [6.07, 6.45) is 3.99. The Balaban J connectivity index is 2.06. The quantitative estimate of drug-likeness (QED) is 0.632. The lowest BCUT2D eigenvalue weighted by molar-refractivity contribution is 0.0995. The molecular formula is C14H16N2O3S.